The van der Waals surface area contributed by atoms with Gasteiger partial charge >= 0.3 is 7.60 Å². The molecule has 0 amide bonds. The summed E-state index contributed by atoms with van der Waals surface area (Å²) in [6.07, 6.45) is 1.45. The van der Waals surface area contributed by atoms with Crippen molar-refractivity contribution in [1.82, 2.24) is 0 Å². The van der Waals surface area contributed by atoms with E-state index in [0.717, 1.165) is 10.3 Å². The van der Waals surface area contributed by atoms with E-state index in [4.69, 9.17) is 20.6 Å². The van der Waals surface area contributed by atoms with Crippen LogP contribution in [0.2, 0.25) is 5.02 Å². The molecule has 1 aromatic rings. The van der Waals surface area contributed by atoms with E-state index >= 15 is 0 Å². The van der Waals surface area contributed by atoms with Gasteiger partial charge in [0.15, 0.2) is 11.8 Å². The zero-order valence-corrected chi connectivity index (χ0v) is 15.1. The van der Waals surface area contributed by atoms with Crippen LogP contribution in [0.5, 0.6) is 0 Å². The van der Waals surface area contributed by atoms with Crippen LogP contribution in [0.1, 0.15) is 33.3 Å². The first-order valence-electron chi connectivity index (χ1n) is 7.17. The van der Waals surface area contributed by atoms with Crippen LogP contribution in [-0.2, 0) is 13.6 Å². The first kappa shape index (κ1) is 19.2. The Hall–Kier alpha value is -0.870. The number of nitrogens with zero attached hydrogens (tertiary/aromatic N) is 1. The van der Waals surface area contributed by atoms with Crippen LogP contribution in [0.3, 0.4) is 0 Å². The van der Waals surface area contributed by atoms with Crippen molar-refractivity contribution in [3.05, 3.63) is 40.1 Å². The molecular formula is C15H23ClNO4P. The number of hydrogen-bond donors (Lipinski definition) is 0. The third kappa shape index (κ3) is 5.73. The Kier molecular flexibility index (Phi) is 7.07. The van der Waals surface area contributed by atoms with E-state index < -0.39 is 13.1 Å². The van der Waals surface area contributed by atoms with Gasteiger partial charge in [-0.1, -0.05) is 11.6 Å². The highest BCUT2D eigenvalue weighted by Crippen LogP contribution is 2.50. The molecule has 0 aliphatic heterocycles. The topological polar surface area (TPSA) is 61.6 Å². The molecule has 0 radical (unpaired) electrons. The summed E-state index contributed by atoms with van der Waals surface area (Å²) < 4.78 is 23.9. The molecule has 0 N–H and O–H groups in total. The van der Waals surface area contributed by atoms with Crippen LogP contribution in [0, 0.1) is 5.21 Å². The minimum absolute atomic E-state index is 0.00920. The molecule has 0 aromatic heterocycles. The van der Waals surface area contributed by atoms with Crippen LogP contribution in [0.4, 0.5) is 0 Å². The summed E-state index contributed by atoms with van der Waals surface area (Å²) in [6.45, 7) is 7.44. The van der Waals surface area contributed by atoms with E-state index in [9.17, 15) is 9.77 Å². The Bertz CT molecular complexity index is 547. The lowest BCUT2D eigenvalue weighted by Crippen LogP contribution is -2.37. The molecule has 0 heterocycles. The fraction of sp³-hybridized carbons (Fsp3) is 0.533. The predicted molar refractivity (Wildman–Crippen MR) is 90.0 cm³/mol. The van der Waals surface area contributed by atoms with Gasteiger partial charge < -0.3 is 14.3 Å². The van der Waals surface area contributed by atoms with Crippen LogP contribution in [-0.4, -0.2) is 35.9 Å². The fourth-order valence-corrected chi connectivity index (χ4v) is 4.18. The van der Waals surface area contributed by atoms with Crippen LogP contribution < -0.4 is 0 Å². The molecule has 0 spiro atoms. The number of benzene rings is 1. The van der Waals surface area contributed by atoms with Gasteiger partial charge in [-0.15, -0.1) is 0 Å². The van der Waals surface area contributed by atoms with Gasteiger partial charge in [-0.3, -0.25) is 4.57 Å². The van der Waals surface area contributed by atoms with Crippen molar-refractivity contribution in [2.75, 3.05) is 19.4 Å². The fourth-order valence-electron chi connectivity index (χ4n) is 1.92. The molecule has 7 heteroatoms. The maximum absolute atomic E-state index is 12.6. The molecule has 1 rings (SSSR count). The molecule has 22 heavy (non-hydrogen) atoms. The summed E-state index contributed by atoms with van der Waals surface area (Å²) in [5.41, 5.74) is -0.213. The minimum Gasteiger partial charge on any atom is -0.623 e. The minimum atomic E-state index is -3.29. The lowest BCUT2D eigenvalue weighted by atomic mass is 10.1. The normalized spacial score (nSPS) is 13.4. The van der Waals surface area contributed by atoms with E-state index in [-0.39, 0.29) is 19.4 Å². The Morgan fingerprint density at radius 3 is 2.18 bits per heavy atom. The zero-order valence-electron chi connectivity index (χ0n) is 13.4. The average molecular weight is 348 g/mol. The van der Waals surface area contributed by atoms with Gasteiger partial charge in [-0.25, -0.2) is 4.74 Å². The van der Waals surface area contributed by atoms with Gasteiger partial charge in [0.2, 0.25) is 0 Å². The summed E-state index contributed by atoms with van der Waals surface area (Å²) in [4.78, 5) is 0. The smallest absolute Gasteiger partial charge is 0.337 e. The van der Waals surface area contributed by atoms with Gasteiger partial charge in [0.05, 0.1) is 13.2 Å². The average Bonchev–Trinajstić information content (AvgIpc) is 2.41. The second kappa shape index (κ2) is 8.11. The summed E-state index contributed by atoms with van der Waals surface area (Å²) in [5, 5.41) is 13.0. The molecule has 0 saturated heterocycles. The Morgan fingerprint density at radius 1 is 1.23 bits per heavy atom. The van der Waals surface area contributed by atoms with Crippen molar-refractivity contribution < 1.29 is 18.4 Å². The van der Waals surface area contributed by atoms with Gasteiger partial charge in [0, 0.05) is 24.4 Å². The number of rotatable bonds is 8. The summed E-state index contributed by atoms with van der Waals surface area (Å²) in [5.74, 6) is 0. The van der Waals surface area contributed by atoms with E-state index in [0.29, 0.717) is 5.02 Å². The number of hydroxylamine groups is 1. The molecule has 0 atom stereocenters. The van der Waals surface area contributed by atoms with Crippen LogP contribution >= 0.6 is 19.2 Å². The van der Waals surface area contributed by atoms with Crippen LogP contribution in [0.25, 0.3) is 0 Å². The lowest BCUT2D eigenvalue weighted by molar-refractivity contribution is -0.529. The van der Waals surface area contributed by atoms with Crippen molar-refractivity contribution in [2.45, 2.75) is 33.2 Å². The second-order valence-corrected chi connectivity index (χ2v) is 7.91. The number of hydrogen-bond acceptors (Lipinski definition) is 4. The van der Waals surface area contributed by atoms with Crippen molar-refractivity contribution in [3.63, 3.8) is 0 Å². The van der Waals surface area contributed by atoms with E-state index in [1.165, 1.54) is 6.21 Å². The zero-order chi connectivity index (χ0) is 16.8. The first-order valence-corrected chi connectivity index (χ1v) is 9.28. The maximum Gasteiger partial charge on any atom is 0.337 e. The van der Waals surface area contributed by atoms with Gasteiger partial charge in [0.25, 0.3) is 0 Å². The SMILES string of the molecule is CCOP(=O)(CC(C)(C)/[N+]([O-])=C/c1ccc(Cl)cc1)OCC. The molecule has 5 nitrogen and oxygen atoms in total. The predicted octanol–water partition coefficient (Wildman–Crippen LogP) is 4.31. The van der Waals surface area contributed by atoms with Crippen LogP contribution in [0.15, 0.2) is 24.3 Å². The standard InChI is InChI=1S/C15H23ClNO4P/c1-5-20-22(19,21-6-2)12-15(3,4)17(18)11-13-7-9-14(16)10-8-13/h7-11H,5-6,12H2,1-4H3/b17-11-. The Labute approximate surface area is 137 Å². The molecular weight excluding hydrogens is 325 g/mol. The molecule has 0 aliphatic carbocycles. The molecule has 1 aromatic carbocycles. The Balaban J connectivity index is 2.95. The molecule has 0 aliphatic rings. The highest BCUT2D eigenvalue weighted by Gasteiger charge is 2.39. The Morgan fingerprint density at radius 2 is 1.73 bits per heavy atom. The molecule has 0 saturated carbocycles. The van der Waals surface area contributed by atoms with Gasteiger partial charge in [-0.05, 0) is 38.1 Å². The third-order valence-corrected chi connectivity index (χ3v) is 5.68. The van der Waals surface area contributed by atoms with E-state index in [2.05, 4.69) is 0 Å². The van der Waals surface area contributed by atoms with Gasteiger partial charge in [-0.2, -0.15) is 0 Å². The molecule has 0 unspecified atom stereocenters. The summed E-state index contributed by atoms with van der Waals surface area (Å²) in [6, 6.07) is 6.90. The van der Waals surface area contributed by atoms with Crippen molar-refractivity contribution in [1.29, 1.82) is 0 Å². The summed E-state index contributed by atoms with van der Waals surface area (Å²) >= 11 is 5.82. The lowest BCUT2D eigenvalue weighted by Gasteiger charge is -2.27. The maximum atomic E-state index is 12.6. The van der Waals surface area contributed by atoms with E-state index in [1.807, 2.05) is 0 Å². The quantitative estimate of drug-likeness (QED) is 0.231. The molecule has 0 bridgehead atoms. The molecule has 0 fully saturated rings. The van der Waals surface area contributed by atoms with Crippen molar-refractivity contribution in [3.8, 4) is 0 Å². The monoisotopic (exact) mass is 347 g/mol. The largest absolute Gasteiger partial charge is 0.623 e. The first-order chi connectivity index (χ1) is 10.2. The second-order valence-electron chi connectivity index (χ2n) is 5.42. The van der Waals surface area contributed by atoms with Crippen molar-refractivity contribution in [2.24, 2.45) is 0 Å². The number of halogens is 1. The highest BCUT2D eigenvalue weighted by atomic mass is 35.5. The highest BCUT2D eigenvalue weighted by molar-refractivity contribution is 7.53. The molecule has 124 valence electrons. The van der Waals surface area contributed by atoms with E-state index in [1.54, 1.807) is 52.0 Å². The van der Waals surface area contributed by atoms with Gasteiger partial charge in [0.1, 0.15) is 6.16 Å². The van der Waals surface area contributed by atoms with Crippen molar-refractivity contribution >= 4 is 25.4 Å². The third-order valence-electron chi connectivity index (χ3n) is 2.97. The summed E-state index contributed by atoms with van der Waals surface area (Å²) in [7, 11) is -3.29.